The summed E-state index contributed by atoms with van der Waals surface area (Å²) in [6.45, 7) is 0.250. The molecule has 0 saturated heterocycles. The second-order valence-electron chi connectivity index (χ2n) is 4.43. The normalized spacial score (nSPS) is 12.1. The van der Waals surface area contributed by atoms with E-state index in [-0.39, 0.29) is 6.61 Å². The Morgan fingerprint density at radius 3 is 2.74 bits per heavy atom. The van der Waals surface area contributed by atoms with Gasteiger partial charge in [-0.3, -0.25) is 9.48 Å². The van der Waals surface area contributed by atoms with Gasteiger partial charge in [-0.05, 0) is 11.1 Å². The van der Waals surface area contributed by atoms with Crippen LogP contribution in [0.15, 0.2) is 42.7 Å². The minimum atomic E-state index is -0.659. The number of nitrogens with two attached hydrogens (primary N) is 1. The Labute approximate surface area is 112 Å². The van der Waals surface area contributed by atoms with Crippen LogP contribution < -0.4 is 5.73 Å². The Morgan fingerprint density at radius 1 is 1.37 bits per heavy atom. The van der Waals surface area contributed by atoms with Crippen molar-refractivity contribution in [1.29, 1.82) is 0 Å². The van der Waals surface area contributed by atoms with E-state index in [0.717, 1.165) is 11.1 Å². The zero-order valence-electron chi connectivity index (χ0n) is 10.8. The lowest BCUT2D eigenvalue weighted by Gasteiger charge is -2.10. The van der Waals surface area contributed by atoms with Crippen molar-refractivity contribution >= 4 is 5.97 Å². The zero-order valence-corrected chi connectivity index (χ0v) is 10.8. The molecule has 5 heteroatoms. The van der Waals surface area contributed by atoms with Gasteiger partial charge in [0, 0.05) is 19.7 Å². The monoisotopic (exact) mass is 259 g/mol. The lowest BCUT2D eigenvalue weighted by molar-refractivity contribution is -0.146. The molecule has 0 spiro atoms. The maximum Gasteiger partial charge on any atom is 0.323 e. The van der Waals surface area contributed by atoms with Crippen molar-refractivity contribution in [3.05, 3.63) is 53.9 Å². The van der Waals surface area contributed by atoms with Gasteiger partial charge in [0.1, 0.15) is 12.6 Å². The predicted molar refractivity (Wildman–Crippen MR) is 71.1 cm³/mol. The van der Waals surface area contributed by atoms with Crippen LogP contribution in [0.2, 0.25) is 0 Å². The summed E-state index contributed by atoms with van der Waals surface area (Å²) >= 11 is 0. The Bertz CT molecular complexity index is 537. The van der Waals surface area contributed by atoms with E-state index in [1.165, 1.54) is 0 Å². The molecule has 19 heavy (non-hydrogen) atoms. The molecule has 0 saturated carbocycles. The summed E-state index contributed by atoms with van der Waals surface area (Å²) in [5, 5.41) is 4.03. The molecule has 2 rings (SSSR count). The van der Waals surface area contributed by atoms with E-state index in [1.807, 2.05) is 43.6 Å². The van der Waals surface area contributed by atoms with E-state index in [4.69, 9.17) is 10.5 Å². The number of aryl methyl sites for hydroxylation is 1. The average Bonchev–Trinajstić information content (AvgIpc) is 2.82. The van der Waals surface area contributed by atoms with Crippen LogP contribution in [0.5, 0.6) is 0 Å². The number of carbonyl (C=O) groups is 1. The highest BCUT2D eigenvalue weighted by molar-refractivity contribution is 5.75. The summed E-state index contributed by atoms with van der Waals surface area (Å²) in [7, 11) is 1.82. The van der Waals surface area contributed by atoms with Gasteiger partial charge in [-0.15, -0.1) is 0 Å². The number of benzene rings is 1. The maximum atomic E-state index is 11.8. The number of nitrogens with zero attached hydrogens (tertiary/aromatic N) is 2. The highest BCUT2D eigenvalue weighted by Crippen LogP contribution is 2.05. The highest BCUT2D eigenvalue weighted by atomic mass is 16.5. The summed E-state index contributed by atoms with van der Waals surface area (Å²) in [6.07, 6.45) is 3.97. The molecule has 2 aromatic rings. The maximum absolute atomic E-state index is 11.8. The van der Waals surface area contributed by atoms with E-state index in [9.17, 15) is 4.79 Å². The molecule has 0 radical (unpaired) electrons. The third-order valence-corrected chi connectivity index (χ3v) is 2.74. The van der Waals surface area contributed by atoms with Gasteiger partial charge in [-0.25, -0.2) is 0 Å². The van der Waals surface area contributed by atoms with Crippen LogP contribution in [0.25, 0.3) is 0 Å². The topological polar surface area (TPSA) is 70.1 Å². The van der Waals surface area contributed by atoms with Gasteiger partial charge in [0.2, 0.25) is 0 Å². The molecule has 0 aliphatic heterocycles. The van der Waals surface area contributed by atoms with Gasteiger partial charge < -0.3 is 10.5 Å². The van der Waals surface area contributed by atoms with Crippen LogP contribution in [0.3, 0.4) is 0 Å². The fraction of sp³-hybridized carbons (Fsp3) is 0.286. The Balaban J connectivity index is 1.82. The molecule has 1 aromatic heterocycles. The molecular weight excluding hydrogens is 242 g/mol. The summed E-state index contributed by atoms with van der Waals surface area (Å²) in [6, 6.07) is 8.87. The average molecular weight is 259 g/mol. The molecule has 0 fully saturated rings. The molecule has 1 atom stereocenters. The Kier molecular flexibility index (Phi) is 4.30. The van der Waals surface area contributed by atoms with Crippen LogP contribution >= 0.6 is 0 Å². The predicted octanol–water partition coefficient (Wildman–Crippen LogP) is 1.03. The van der Waals surface area contributed by atoms with Gasteiger partial charge in [0.15, 0.2) is 0 Å². The second-order valence-corrected chi connectivity index (χ2v) is 4.43. The van der Waals surface area contributed by atoms with E-state index in [2.05, 4.69) is 5.10 Å². The first-order chi connectivity index (χ1) is 9.15. The molecule has 0 amide bonds. The van der Waals surface area contributed by atoms with Gasteiger partial charge in [-0.1, -0.05) is 30.3 Å². The first-order valence-corrected chi connectivity index (χ1v) is 6.09. The van der Waals surface area contributed by atoms with E-state index >= 15 is 0 Å². The summed E-state index contributed by atoms with van der Waals surface area (Å²) in [5.74, 6) is -0.396. The SMILES string of the molecule is Cn1cc(CC(N)C(=O)OCc2ccccc2)cn1. The van der Waals surface area contributed by atoms with Crippen LogP contribution in [0, 0.1) is 0 Å². The summed E-state index contributed by atoms with van der Waals surface area (Å²) < 4.78 is 6.86. The molecule has 100 valence electrons. The molecule has 0 aliphatic carbocycles. The van der Waals surface area contributed by atoms with Crippen molar-refractivity contribution in [1.82, 2.24) is 9.78 Å². The Hall–Kier alpha value is -2.14. The van der Waals surface area contributed by atoms with Crippen molar-refractivity contribution in [3.63, 3.8) is 0 Å². The fourth-order valence-corrected chi connectivity index (χ4v) is 1.75. The first kappa shape index (κ1) is 13.3. The van der Waals surface area contributed by atoms with Crippen molar-refractivity contribution in [3.8, 4) is 0 Å². The van der Waals surface area contributed by atoms with Crippen LogP contribution in [-0.2, 0) is 29.6 Å². The number of aromatic nitrogens is 2. The molecule has 0 bridgehead atoms. The van der Waals surface area contributed by atoms with Gasteiger partial charge in [0.05, 0.1) is 6.20 Å². The van der Waals surface area contributed by atoms with Crippen LogP contribution in [0.4, 0.5) is 0 Å². The third kappa shape index (κ3) is 3.93. The number of carbonyl (C=O) groups excluding carboxylic acids is 1. The molecular formula is C14H17N3O2. The van der Waals surface area contributed by atoms with Gasteiger partial charge in [0.25, 0.3) is 0 Å². The smallest absolute Gasteiger partial charge is 0.323 e. The molecule has 1 unspecified atom stereocenters. The highest BCUT2D eigenvalue weighted by Gasteiger charge is 2.16. The standard InChI is InChI=1S/C14H17N3O2/c1-17-9-12(8-16-17)7-13(15)14(18)19-10-11-5-3-2-4-6-11/h2-6,8-9,13H,7,10,15H2,1H3. The summed E-state index contributed by atoms with van der Waals surface area (Å²) in [5.41, 5.74) is 7.68. The second kappa shape index (κ2) is 6.15. The fourth-order valence-electron chi connectivity index (χ4n) is 1.75. The first-order valence-electron chi connectivity index (χ1n) is 6.09. The third-order valence-electron chi connectivity index (χ3n) is 2.74. The number of rotatable bonds is 5. The van der Waals surface area contributed by atoms with E-state index < -0.39 is 12.0 Å². The lowest BCUT2D eigenvalue weighted by atomic mass is 10.1. The van der Waals surface area contributed by atoms with Crippen molar-refractivity contribution < 1.29 is 9.53 Å². The number of esters is 1. The van der Waals surface area contributed by atoms with Crippen LogP contribution in [0.1, 0.15) is 11.1 Å². The molecule has 2 N–H and O–H groups in total. The molecule has 1 aromatic carbocycles. The minimum Gasteiger partial charge on any atom is -0.460 e. The van der Waals surface area contributed by atoms with Crippen LogP contribution in [-0.4, -0.2) is 21.8 Å². The zero-order chi connectivity index (χ0) is 13.7. The van der Waals surface area contributed by atoms with E-state index in [0.29, 0.717) is 6.42 Å². The van der Waals surface area contributed by atoms with Crippen molar-refractivity contribution in [2.45, 2.75) is 19.1 Å². The molecule has 0 aliphatic rings. The number of hydrogen-bond acceptors (Lipinski definition) is 4. The van der Waals surface area contributed by atoms with Gasteiger partial charge in [-0.2, -0.15) is 5.10 Å². The van der Waals surface area contributed by atoms with Crippen molar-refractivity contribution in [2.75, 3.05) is 0 Å². The summed E-state index contributed by atoms with van der Waals surface area (Å²) in [4.78, 5) is 11.8. The van der Waals surface area contributed by atoms with Gasteiger partial charge >= 0.3 is 5.97 Å². The Morgan fingerprint density at radius 2 is 2.11 bits per heavy atom. The number of ether oxygens (including phenoxy) is 1. The largest absolute Gasteiger partial charge is 0.460 e. The minimum absolute atomic E-state index is 0.250. The van der Waals surface area contributed by atoms with E-state index in [1.54, 1.807) is 10.9 Å². The molecule has 5 nitrogen and oxygen atoms in total. The lowest BCUT2D eigenvalue weighted by Crippen LogP contribution is -2.34. The van der Waals surface area contributed by atoms with Crippen molar-refractivity contribution in [2.24, 2.45) is 12.8 Å². The number of hydrogen-bond donors (Lipinski definition) is 1. The quantitative estimate of drug-likeness (QED) is 0.814. The molecule has 1 heterocycles.